The Balaban J connectivity index is 1.08. The minimum Gasteiger partial charge on any atom is -0.343 e. The number of benzene rings is 2. The second kappa shape index (κ2) is 13.9. The van der Waals surface area contributed by atoms with Gasteiger partial charge in [0.1, 0.15) is 0 Å². The molecule has 4 aliphatic rings. The third kappa shape index (κ3) is 7.07. The first-order chi connectivity index (χ1) is 21.4. The Morgan fingerprint density at radius 2 is 1.57 bits per heavy atom. The zero-order chi connectivity index (χ0) is 30.6. The lowest BCUT2D eigenvalue weighted by molar-refractivity contribution is -0.143. The van der Waals surface area contributed by atoms with Crippen LogP contribution in [0.4, 0.5) is 10.5 Å². The van der Waals surface area contributed by atoms with Crippen molar-refractivity contribution >= 4 is 35.1 Å². The first-order valence-corrected chi connectivity index (χ1v) is 16.9. The van der Waals surface area contributed by atoms with Crippen molar-refractivity contribution in [3.8, 4) is 0 Å². The van der Waals surface area contributed by atoms with Crippen molar-refractivity contribution in [2.45, 2.75) is 83.3 Å². The average Bonchev–Trinajstić information content (AvgIpc) is 3.06. The van der Waals surface area contributed by atoms with Crippen molar-refractivity contribution in [3.05, 3.63) is 64.2 Å². The topological polar surface area (TPSA) is 76.2 Å². The zero-order valence-electron chi connectivity index (χ0n) is 26.0. The van der Waals surface area contributed by atoms with Gasteiger partial charge in [0.2, 0.25) is 11.8 Å². The first kappa shape index (κ1) is 30.9. The van der Waals surface area contributed by atoms with Gasteiger partial charge in [-0.3, -0.25) is 9.59 Å². The normalized spacial score (nSPS) is 21.1. The maximum absolute atomic E-state index is 14.0. The molecule has 0 radical (unpaired) electrons. The van der Waals surface area contributed by atoms with Crippen molar-refractivity contribution in [1.29, 1.82) is 0 Å². The summed E-state index contributed by atoms with van der Waals surface area (Å²) in [6.45, 7) is 7.63. The predicted molar refractivity (Wildman–Crippen MR) is 174 cm³/mol. The highest BCUT2D eigenvalue weighted by Gasteiger charge is 2.36. The number of hydrogen-bond donors (Lipinski definition) is 1. The third-order valence-electron chi connectivity index (χ3n) is 10.3. The molecule has 4 aliphatic heterocycles. The Bertz CT molecular complexity index is 1350. The summed E-state index contributed by atoms with van der Waals surface area (Å²) in [5, 5.41) is 3.73. The van der Waals surface area contributed by atoms with Crippen LogP contribution >= 0.6 is 11.6 Å². The van der Waals surface area contributed by atoms with Crippen LogP contribution in [0.5, 0.6) is 0 Å². The molecule has 2 aromatic carbocycles. The van der Waals surface area contributed by atoms with Gasteiger partial charge < -0.3 is 24.9 Å². The molecule has 0 aliphatic carbocycles. The number of hydrogen-bond acceptors (Lipinski definition) is 4. The van der Waals surface area contributed by atoms with E-state index in [2.05, 4.69) is 16.3 Å². The highest BCUT2D eigenvalue weighted by Crippen LogP contribution is 2.29. The summed E-state index contributed by atoms with van der Waals surface area (Å²) in [6, 6.07) is 14.4. The maximum Gasteiger partial charge on any atom is 0.322 e. The largest absolute Gasteiger partial charge is 0.343 e. The molecule has 1 atom stereocenters. The van der Waals surface area contributed by atoms with E-state index in [1.165, 1.54) is 32.4 Å². The molecule has 44 heavy (non-hydrogen) atoms. The number of urea groups is 1. The van der Waals surface area contributed by atoms with Gasteiger partial charge in [0.05, 0.1) is 5.92 Å². The van der Waals surface area contributed by atoms with Crippen LogP contribution < -0.4 is 5.32 Å². The van der Waals surface area contributed by atoms with Gasteiger partial charge >= 0.3 is 6.03 Å². The Hall–Kier alpha value is -3.10. The highest BCUT2D eigenvalue weighted by atomic mass is 35.5. The van der Waals surface area contributed by atoms with E-state index >= 15 is 0 Å². The standard InChI is InChI=1S/C35H46ClN5O3/c1-25-21-26(9-10-31(25)36)22-28(34(43)40-19-11-29(12-20-40)38-15-5-2-6-16-38)23-33(42)39-17-13-30(14-18-39)41-24-27-7-3-4-8-32(27)37-35(41)44/h3-4,7-10,21,28-30H,2,5-6,11-20,22-24H2,1H3,(H,37,44). The Morgan fingerprint density at radius 3 is 2.30 bits per heavy atom. The molecule has 3 saturated heterocycles. The Kier molecular flexibility index (Phi) is 9.77. The second-order valence-electron chi connectivity index (χ2n) is 13.2. The maximum atomic E-state index is 14.0. The number of piperidine rings is 3. The number of rotatable bonds is 7. The number of halogens is 1. The van der Waals surface area contributed by atoms with Gasteiger partial charge in [-0.15, -0.1) is 0 Å². The molecule has 3 fully saturated rings. The van der Waals surface area contributed by atoms with Crippen molar-refractivity contribution in [2.75, 3.05) is 44.6 Å². The number of nitrogens with one attached hydrogen (secondary N) is 1. The molecule has 8 nitrogen and oxygen atoms in total. The van der Waals surface area contributed by atoms with Crippen LogP contribution in [0.15, 0.2) is 42.5 Å². The number of likely N-dealkylation sites (tertiary alicyclic amines) is 3. The van der Waals surface area contributed by atoms with Crippen molar-refractivity contribution in [3.63, 3.8) is 0 Å². The summed E-state index contributed by atoms with van der Waals surface area (Å²) in [5.74, 6) is -0.276. The van der Waals surface area contributed by atoms with Gasteiger partial charge in [0.15, 0.2) is 0 Å². The molecule has 0 saturated carbocycles. The quantitative estimate of drug-likeness (QED) is 0.431. The third-order valence-corrected chi connectivity index (χ3v) is 10.7. The van der Waals surface area contributed by atoms with Crippen LogP contribution in [0.1, 0.15) is 68.1 Å². The van der Waals surface area contributed by atoms with E-state index in [1.54, 1.807) is 0 Å². The zero-order valence-corrected chi connectivity index (χ0v) is 26.7. The van der Waals surface area contributed by atoms with E-state index in [9.17, 15) is 14.4 Å². The fourth-order valence-electron chi connectivity index (χ4n) is 7.64. The Labute approximate surface area is 266 Å². The number of nitrogens with zero attached hydrogens (tertiary/aromatic N) is 4. The summed E-state index contributed by atoms with van der Waals surface area (Å²) < 4.78 is 0. The molecular weight excluding hydrogens is 574 g/mol. The lowest BCUT2D eigenvalue weighted by atomic mass is 9.91. The number of para-hydroxylation sites is 1. The molecule has 2 aromatic rings. The average molecular weight is 620 g/mol. The molecule has 6 rings (SSSR count). The molecule has 4 heterocycles. The fourth-order valence-corrected chi connectivity index (χ4v) is 7.76. The summed E-state index contributed by atoms with van der Waals surface area (Å²) in [7, 11) is 0. The smallest absolute Gasteiger partial charge is 0.322 e. The van der Waals surface area contributed by atoms with Crippen LogP contribution in [0.25, 0.3) is 0 Å². The van der Waals surface area contributed by atoms with E-state index in [0.717, 1.165) is 61.2 Å². The van der Waals surface area contributed by atoms with E-state index in [1.807, 2.05) is 58.0 Å². The second-order valence-corrected chi connectivity index (χ2v) is 13.6. The number of carbonyl (C=O) groups excluding carboxylic acids is 3. The van der Waals surface area contributed by atoms with Crippen molar-refractivity contribution < 1.29 is 14.4 Å². The molecular formula is C35H46ClN5O3. The molecule has 0 aromatic heterocycles. The molecule has 1 unspecified atom stereocenters. The van der Waals surface area contributed by atoms with Gasteiger partial charge in [-0.05, 0) is 93.8 Å². The summed E-state index contributed by atoms with van der Waals surface area (Å²) in [6.07, 6.45) is 8.10. The predicted octanol–water partition coefficient (Wildman–Crippen LogP) is 5.71. The molecule has 4 amide bonds. The fraction of sp³-hybridized carbons (Fsp3) is 0.571. The number of aryl methyl sites for hydroxylation is 1. The van der Waals surface area contributed by atoms with E-state index in [0.29, 0.717) is 37.1 Å². The monoisotopic (exact) mass is 619 g/mol. The van der Waals surface area contributed by atoms with Gasteiger partial charge in [0, 0.05) is 61.9 Å². The lowest BCUT2D eigenvalue weighted by Crippen LogP contribution is -2.52. The van der Waals surface area contributed by atoms with E-state index in [-0.39, 0.29) is 30.3 Å². The van der Waals surface area contributed by atoms with Gasteiger partial charge in [0.25, 0.3) is 0 Å². The van der Waals surface area contributed by atoms with Gasteiger partial charge in [-0.2, -0.15) is 0 Å². The molecule has 0 spiro atoms. The summed E-state index contributed by atoms with van der Waals surface area (Å²) in [4.78, 5) is 49.0. The Morgan fingerprint density at radius 1 is 0.886 bits per heavy atom. The number of fused-ring (bicyclic) bond motifs is 1. The minimum absolute atomic E-state index is 0.0316. The highest BCUT2D eigenvalue weighted by molar-refractivity contribution is 6.31. The summed E-state index contributed by atoms with van der Waals surface area (Å²) in [5.41, 5.74) is 4.01. The van der Waals surface area contributed by atoms with Crippen LogP contribution in [-0.4, -0.2) is 88.8 Å². The van der Waals surface area contributed by atoms with Gasteiger partial charge in [-0.1, -0.05) is 48.4 Å². The van der Waals surface area contributed by atoms with Crippen LogP contribution in [-0.2, 0) is 22.6 Å². The van der Waals surface area contributed by atoms with E-state index < -0.39 is 5.92 Å². The first-order valence-electron chi connectivity index (χ1n) is 16.6. The molecule has 9 heteroatoms. The number of carbonyl (C=O) groups is 3. The van der Waals surface area contributed by atoms with E-state index in [4.69, 9.17) is 11.6 Å². The van der Waals surface area contributed by atoms with Gasteiger partial charge in [-0.25, -0.2) is 4.79 Å². The molecule has 0 bridgehead atoms. The lowest BCUT2D eigenvalue weighted by Gasteiger charge is -2.41. The summed E-state index contributed by atoms with van der Waals surface area (Å²) >= 11 is 6.30. The van der Waals surface area contributed by atoms with Crippen LogP contribution in [0.2, 0.25) is 5.02 Å². The van der Waals surface area contributed by atoms with Crippen LogP contribution in [0, 0.1) is 12.8 Å². The van der Waals surface area contributed by atoms with Crippen molar-refractivity contribution in [1.82, 2.24) is 19.6 Å². The number of anilines is 1. The SMILES string of the molecule is Cc1cc(CC(CC(=O)N2CCC(N3Cc4ccccc4NC3=O)CC2)C(=O)N2CCC(N3CCCCC3)CC2)ccc1Cl. The van der Waals surface area contributed by atoms with Crippen molar-refractivity contribution in [2.24, 2.45) is 5.92 Å². The molecule has 236 valence electrons. The number of amides is 4. The molecule has 1 N–H and O–H groups in total. The minimum atomic E-state index is -0.406. The van der Waals surface area contributed by atoms with Crippen LogP contribution in [0.3, 0.4) is 0 Å².